The number of amides is 1. The molecule has 0 aliphatic carbocycles. The van der Waals surface area contributed by atoms with Crippen molar-refractivity contribution in [2.24, 2.45) is 0 Å². The first-order valence-corrected chi connectivity index (χ1v) is 12.7. The molecule has 2 aromatic rings. The predicted molar refractivity (Wildman–Crippen MR) is 133 cm³/mol. The van der Waals surface area contributed by atoms with Crippen LogP contribution in [-0.2, 0) is 11.0 Å². The van der Waals surface area contributed by atoms with Gasteiger partial charge in [0.05, 0.1) is 11.5 Å². The lowest BCUT2D eigenvalue weighted by Crippen LogP contribution is -2.43. The molecule has 1 amide bonds. The second-order valence-corrected chi connectivity index (χ2v) is 10.3. The lowest BCUT2D eigenvalue weighted by atomic mass is 9.95. The molecule has 39 heavy (non-hydrogen) atoms. The Kier molecular flexibility index (Phi) is 10.9. The number of ketones is 1. The van der Waals surface area contributed by atoms with Gasteiger partial charge in [0.25, 0.3) is 0 Å². The number of rotatable bonds is 9. The van der Waals surface area contributed by atoms with Crippen LogP contribution in [0, 0.1) is 0 Å². The van der Waals surface area contributed by atoms with Gasteiger partial charge in [0.1, 0.15) is 6.04 Å². The average Bonchev–Trinajstić information content (AvgIpc) is 2.76. The normalized spacial score (nSPS) is 14.4. The van der Waals surface area contributed by atoms with Crippen molar-refractivity contribution in [3.63, 3.8) is 0 Å². The molecule has 0 bridgehead atoms. The van der Waals surface area contributed by atoms with E-state index in [4.69, 9.17) is 0 Å². The van der Waals surface area contributed by atoms with E-state index in [1.54, 1.807) is 5.32 Å². The molecule has 2 aromatic carbocycles. The Morgan fingerprint density at radius 2 is 1.46 bits per heavy atom. The summed E-state index contributed by atoms with van der Waals surface area (Å²) < 4.78 is 120. The van der Waals surface area contributed by atoms with Gasteiger partial charge in [-0.25, -0.2) is 0 Å². The number of nitrogens with one attached hydrogen (secondary N) is 1. The fraction of sp³-hybridized carbons (Fsp3) is 0.360. The molecule has 0 aromatic heterocycles. The van der Waals surface area contributed by atoms with Gasteiger partial charge in [0, 0.05) is 27.4 Å². The van der Waals surface area contributed by atoms with Crippen molar-refractivity contribution in [2.75, 3.05) is 0 Å². The minimum absolute atomic E-state index is 0.170. The maximum absolute atomic E-state index is 13.7. The number of hydrogen-bond donors (Lipinski definition) is 1. The summed E-state index contributed by atoms with van der Waals surface area (Å²) in [5.41, 5.74) is -2.58. The topological polar surface area (TPSA) is 46.2 Å². The van der Waals surface area contributed by atoms with Crippen LogP contribution in [0.5, 0.6) is 0 Å². The molecular weight excluding hydrogens is 677 g/mol. The molecule has 2 rings (SSSR count). The first-order chi connectivity index (χ1) is 17.8. The third kappa shape index (κ3) is 9.96. The molecule has 0 spiro atoms. The third-order valence-electron chi connectivity index (χ3n) is 5.40. The van der Waals surface area contributed by atoms with Crippen LogP contribution in [0.25, 0.3) is 6.08 Å². The van der Waals surface area contributed by atoms with Gasteiger partial charge >= 0.3 is 18.5 Å². The van der Waals surface area contributed by atoms with Crippen LogP contribution in [0.15, 0.2) is 51.4 Å². The van der Waals surface area contributed by atoms with Crippen LogP contribution in [-0.4, -0.2) is 30.1 Å². The smallest absolute Gasteiger partial charge is 0.345 e. The Morgan fingerprint density at radius 3 is 1.97 bits per heavy atom. The van der Waals surface area contributed by atoms with E-state index in [-0.39, 0.29) is 17.5 Å². The monoisotopic (exact) mass is 695 g/mol. The number of halogens is 11. The highest BCUT2D eigenvalue weighted by Crippen LogP contribution is 2.39. The highest BCUT2D eigenvalue weighted by atomic mass is 79.9. The number of benzene rings is 2. The minimum atomic E-state index is -5.03. The molecule has 3 nitrogen and oxygen atoms in total. The van der Waals surface area contributed by atoms with E-state index >= 15 is 0 Å². The zero-order valence-electron chi connectivity index (χ0n) is 19.9. The molecule has 0 saturated heterocycles. The summed E-state index contributed by atoms with van der Waals surface area (Å²) in [7, 11) is 0. The summed E-state index contributed by atoms with van der Waals surface area (Å²) in [6, 6.07) is 4.21. The van der Waals surface area contributed by atoms with Crippen LogP contribution in [0.4, 0.5) is 39.5 Å². The van der Waals surface area contributed by atoms with Crippen LogP contribution in [0.3, 0.4) is 0 Å². The fourth-order valence-corrected chi connectivity index (χ4v) is 4.78. The maximum Gasteiger partial charge on any atom is 0.417 e. The Labute approximate surface area is 234 Å². The quantitative estimate of drug-likeness (QED) is 0.210. The minimum Gasteiger partial charge on any atom is -0.345 e. The fourth-order valence-electron chi connectivity index (χ4n) is 3.45. The van der Waals surface area contributed by atoms with E-state index in [0.29, 0.717) is 28.0 Å². The highest BCUT2D eigenvalue weighted by Gasteiger charge is 2.40. The van der Waals surface area contributed by atoms with E-state index < -0.39 is 66.1 Å². The standard InChI is InChI=1S/C25H20Br2F9NO2/c1-13(23(28,29)30)37-22(39)4-2-3-21(38)18-7-5-14(9-20(18)25(34,35)36)6-8-19(24(31,32)33)15-10-16(26)12-17(27)11-15/h5-13,19H,2-4H2,1H3,(H,37,39)/b8-6+. The number of hydrogen-bond acceptors (Lipinski definition) is 2. The molecule has 0 fully saturated rings. The summed E-state index contributed by atoms with van der Waals surface area (Å²) in [6.45, 7) is 0.712. The SMILES string of the molecule is CC(NC(=O)CCCC(=O)c1ccc(/C=C/C(c2cc(Br)cc(Br)c2)C(F)(F)F)cc1C(F)(F)F)C(F)(F)F. The molecule has 0 aliphatic heterocycles. The molecular formula is C25H20Br2F9NO2. The number of Topliss-reactive ketones (excluding diaryl/α,β-unsaturated/α-hetero) is 1. The van der Waals surface area contributed by atoms with E-state index in [0.717, 1.165) is 18.2 Å². The summed E-state index contributed by atoms with van der Waals surface area (Å²) in [5.74, 6) is -4.20. The number of carbonyl (C=O) groups excluding carboxylic acids is 2. The van der Waals surface area contributed by atoms with Gasteiger partial charge in [-0.1, -0.05) is 56.1 Å². The lowest BCUT2D eigenvalue weighted by molar-refractivity contribution is -0.158. The lowest BCUT2D eigenvalue weighted by Gasteiger charge is -2.18. The van der Waals surface area contributed by atoms with Crippen molar-refractivity contribution in [1.29, 1.82) is 0 Å². The summed E-state index contributed by atoms with van der Waals surface area (Å²) in [6.07, 6.45) is -14.3. The zero-order valence-corrected chi connectivity index (χ0v) is 23.0. The molecule has 0 aliphatic rings. The molecule has 14 heteroatoms. The third-order valence-corrected chi connectivity index (χ3v) is 6.32. The van der Waals surface area contributed by atoms with Crippen molar-refractivity contribution in [3.05, 3.63) is 73.7 Å². The summed E-state index contributed by atoms with van der Waals surface area (Å²) >= 11 is 6.19. The molecule has 0 heterocycles. The molecule has 2 unspecified atom stereocenters. The number of carbonyl (C=O) groups is 2. The molecule has 1 N–H and O–H groups in total. The van der Waals surface area contributed by atoms with Crippen molar-refractivity contribution >= 4 is 49.6 Å². The van der Waals surface area contributed by atoms with Crippen LogP contribution in [0.2, 0.25) is 0 Å². The van der Waals surface area contributed by atoms with Gasteiger partial charge in [-0.3, -0.25) is 9.59 Å². The van der Waals surface area contributed by atoms with Crippen LogP contribution < -0.4 is 5.32 Å². The van der Waals surface area contributed by atoms with Gasteiger partial charge in [0.15, 0.2) is 5.78 Å². The average molecular weight is 697 g/mol. The van der Waals surface area contributed by atoms with Gasteiger partial charge in [0.2, 0.25) is 5.91 Å². The van der Waals surface area contributed by atoms with Crippen LogP contribution >= 0.6 is 31.9 Å². The van der Waals surface area contributed by atoms with Crippen LogP contribution in [0.1, 0.15) is 59.2 Å². The van der Waals surface area contributed by atoms with Crippen molar-refractivity contribution in [1.82, 2.24) is 5.32 Å². The van der Waals surface area contributed by atoms with Gasteiger partial charge in [-0.2, -0.15) is 39.5 Å². The Morgan fingerprint density at radius 1 is 0.872 bits per heavy atom. The second-order valence-electron chi connectivity index (χ2n) is 8.49. The molecule has 214 valence electrons. The summed E-state index contributed by atoms with van der Waals surface area (Å²) in [5, 5.41) is 1.68. The van der Waals surface area contributed by atoms with E-state index in [1.165, 1.54) is 18.2 Å². The van der Waals surface area contributed by atoms with E-state index in [9.17, 15) is 49.1 Å². The van der Waals surface area contributed by atoms with E-state index in [1.807, 2.05) is 0 Å². The largest absolute Gasteiger partial charge is 0.417 e. The Hall–Kier alpha value is -2.35. The molecule has 0 saturated carbocycles. The second kappa shape index (κ2) is 12.9. The number of alkyl halides is 9. The number of allylic oxidation sites excluding steroid dienone is 1. The first-order valence-electron chi connectivity index (χ1n) is 11.1. The van der Waals surface area contributed by atoms with Gasteiger partial charge in [-0.05, 0) is 48.7 Å². The zero-order chi connectivity index (χ0) is 29.8. The Bertz CT molecular complexity index is 1200. The maximum atomic E-state index is 13.7. The molecule has 2 atom stereocenters. The predicted octanol–water partition coefficient (Wildman–Crippen LogP) is 9.01. The Balaban J connectivity index is 2.24. The summed E-state index contributed by atoms with van der Waals surface area (Å²) in [4.78, 5) is 24.1. The van der Waals surface area contributed by atoms with E-state index in [2.05, 4.69) is 31.9 Å². The van der Waals surface area contributed by atoms with Crippen molar-refractivity contribution in [2.45, 2.75) is 56.7 Å². The first kappa shape index (κ1) is 32.9. The molecule has 0 radical (unpaired) electrons. The highest BCUT2D eigenvalue weighted by molar-refractivity contribution is 9.11. The van der Waals surface area contributed by atoms with Crippen molar-refractivity contribution in [3.8, 4) is 0 Å². The van der Waals surface area contributed by atoms with Gasteiger partial charge in [-0.15, -0.1) is 0 Å². The van der Waals surface area contributed by atoms with Gasteiger partial charge < -0.3 is 5.32 Å². The van der Waals surface area contributed by atoms with Crippen molar-refractivity contribution < 1.29 is 49.1 Å².